The number of pyridine rings is 1. The molecular formula is C15H9BrClN3O2. The lowest BCUT2D eigenvalue weighted by Gasteiger charge is -2.01. The molecule has 0 aliphatic rings. The Bertz CT molecular complexity index is 876. The molecule has 0 saturated carbocycles. The lowest BCUT2D eigenvalue weighted by molar-refractivity contribution is 0.0926. The van der Waals surface area contributed by atoms with E-state index in [-0.39, 0.29) is 5.76 Å². The van der Waals surface area contributed by atoms with Crippen molar-refractivity contribution in [2.75, 3.05) is 0 Å². The molecule has 7 heteroatoms. The molecule has 0 saturated heterocycles. The molecule has 0 bridgehead atoms. The lowest BCUT2D eigenvalue weighted by Crippen LogP contribution is -2.16. The van der Waals surface area contributed by atoms with E-state index in [0.717, 1.165) is 10.9 Å². The van der Waals surface area contributed by atoms with Gasteiger partial charge in [0.1, 0.15) is 5.15 Å². The summed E-state index contributed by atoms with van der Waals surface area (Å²) in [5.74, 6) is -0.293. The van der Waals surface area contributed by atoms with Gasteiger partial charge in [-0.3, -0.25) is 4.79 Å². The number of amides is 1. The number of benzene rings is 1. The molecule has 3 aromatic rings. The zero-order chi connectivity index (χ0) is 15.5. The van der Waals surface area contributed by atoms with E-state index >= 15 is 0 Å². The number of furan rings is 1. The van der Waals surface area contributed by atoms with Gasteiger partial charge in [-0.05, 0) is 40.2 Å². The fourth-order valence-electron chi connectivity index (χ4n) is 1.85. The second-order valence-electron chi connectivity index (χ2n) is 4.36. The molecule has 0 spiro atoms. The second-order valence-corrected chi connectivity index (χ2v) is 5.50. The molecule has 2 aromatic heterocycles. The maximum Gasteiger partial charge on any atom is 0.307 e. The zero-order valence-corrected chi connectivity index (χ0v) is 13.4. The maximum atomic E-state index is 11.8. The minimum Gasteiger partial charge on any atom is -0.444 e. The van der Waals surface area contributed by atoms with Crippen LogP contribution < -0.4 is 5.43 Å². The minimum absolute atomic E-state index is 0.159. The zero-order valence-electron chi connectivity index (χ0n) is 11.1. The topological polar surface area (TPSA) is 67.5 Å². The van der Waals surface area contributed by atoms with Crippen LogP contribution in [0.25, 0.3) is 10.9 Å². The number of nitrogens with one attached hydrogen (secondary N) is 1. The number of fused-ring (bicyclic) bond motifs is 1. The Hall–Kier alpha value is -2.18. The van der Waals surface area contributed by atoms with Crippen LogP contribution in [0, 0.1) is 0 Å². The van der Waals surface area contributed by atoms with Crippen molar-refractivity contribution in [2.24, 2.45) is 5.10 Å². The highest BCUT2D eigenvalue weighted by Gasteiger charge is 2.09. The molecule has 0 radical (unpaired) electrons. The van der Waals surface area contributed by atoms with Gasteiger partial charge in [-0.25, -0.2) is 10.4 Å². The number of carbonyl (C=O) groups excluding carboxylic acids is 1. The van der Waals surface area contributed by atoms with Crippen molar-refractivity contribution < 1.29 is 9.21 Å². The molecule has 5 nitrogen and oxygen atoms in total. The fraction of sp³-hybridized carbons (Fsp3) is 0. The van der Waals surface area contributed by atoms with Crippen LogP contribution in [0.3, 0.4) is 0 Å². The van der Waals surface area contributed by atoms with Crippen molar-refractivity contribution in [1.82, 2.24) is 10.4 Å². The number of halogens is 2. The molecule has 1 aromatic carbocycles. The van der Waals surface area contributed by atoms with Gasteiger partial charge < -0.3 is 4.42 Å². The molecule has 0 aliphatic heterocycles. The Balaban J connectivity index is 1.77. The van der Waals surface area contributed by atoms with E-state index in [1.54, 1.807) is 12.1 Å². The molecule has 2 heterocycles. The van der Waals surface area contributed by atoms with E-state index < -0.39 is 5.91 Å². The molecule has 0 atom stereocenters. The smallest absolute Gasteiger partial charge is 0.307 e. The van der Waals surface area contributed by atoms with Gasteiger partial charge in [0.25, 0.3) is 0 Å². The monoisotopic (exact) mass is 377 g/mol. The average molecular weight is 379 g/mol. The maximum absolute atomic E-state index is 11.8. The Kier molecular flexibility index (Phi) is 4.22. The SMILES string of the molecule is O=C(N/N=C\c1cc2ccccc2nc1Cl)c1ccc(Br)o1. The largest absolute Gasteiger partial charge is 0.444 e. The molecule has 0 aliphatic carbocycles. The lowest BCUT2D eigenvalue weighted by atomic mass is 10.2. The first-order valence-electron chi connectivity index (χ1n) is 6.27. The minimum atomic E-state index is -0.452. The van der Waals surface area contributed by atoms with E-state index in [1.165, 1.54) is 6.21 Å². The summed E-state index contributed by atoms with van der Waals surface area (Å²) in [7, 11) is 0. The normalized spacial score (nSPS) is 11.2. The molecule has 110 valence electrons. The van der Waals surface area contributed by atoms with Crippen molar-refractivity contribution >= 4 is 50.6 Å². The second kappa shape index (κ2) is 6.29. The molecule has 3 rings (SSSR count). The number of carbonyl (C=O) groups is 1. The van der Waals surface area contributed by atoms with E-state index in [2.05, 4.69) is 31.4 Å². The van der Waals surface area contributed by atoms with Crippen molar-refractivity contribution in [3.8, 4) is 0 Å². The first-order chi connectivity index (χ1) is 10.6. The highest BCUT2D eigenvalue weighted by atomic mass is 79.9. The summed E-state index contributed by atoms with van der Waals surface area (Å²) in [4.78, 5) is 16.0. The van der Waals surface area contributed by atoms with Gasteiger partial charge in [0.2, 0.25) is 0 Å². The average Bonchev–Trinajstić information content (AvgIpc) is 2.94. The van der Waals surface area contributed by atoms with E-state index in [4.69, 9.17) is 16.0 Å². The van der Waals surface area contributed by atoms with Crippen LogP contribution in [0.1, 0.15) is 16.1 Å². The number of hydrogen-bond acceptors (Lipinski definition) is 4. The first kappa shape index (κ1) is 14.7. The molecule has 22 heavy (non-hydrogen) atoms. The molecule has 0 fully saturated rings. The van der Waals surface area contributed by atoms with Crippen molar-refractivity contribution in [3.05, 3.63) is 63.6 Å². The number of aromatic nitrogens is 1. The Morgan fingerprint density at radius 3 is 2.91 bits per heavy atom. The van der Waals surface area contributed by atoms with E-state index in [9.17, 15) is 4.79 Å². The summed E-state index contributed by atoms with van der Waals surface area (Å²) in [6, 6.07) is 12.6. The quantitative estimate of drug-likeness (QED) is 0.425. The molecule has 1 N–H and O–H groups in total. The fourth-order valence-corrected chi connectivity index (χ4v) is 2.35. The number of para-hydroxylation sites is 1. The van der Waals surface area contributed by atoms with Crippen LogP contribution in [-0.2, 0) is 0 Å². The van der Waals surface area contributed by atoms with Crippen molar-refractivity contribution in [2.45, 2.75) is 0 Å². The predicted octanol–water partition coefficient (Wildman–Crippen LogP) is 4.01. The van der Waals surface area contributed by atoms with Gasteiger partial charge in [-0.2, -0.15) is 5.10 Å². The van der Waals surface area contributed by atoms with Crippen LogP contribution >= 0.6 is 27.5 Å². The van der Waals surface area contributed by atoms with Crippen molar-refractivity contribution in [3.63, 3.8) is 0 Å². The molecular weight excluding hydrogens is 370 g/mol. The highest BCUT2D eigenvalue weighted by molar-refractivity contribution is 9.10. The Labute approximate surface area is 139 Å². The molecule has 1 amide bonds. The van der Waals surface area contributed by atoms with Crippen LogP contribution in [0.5, 0.6) is 0 Å². The Morgan fingerprint density at radius 2 is 2.14 bits per heavy atom. The van der Waals surface area contributed by atoms with Crippen molar-refractivity contribution in [1.29, 1.82) is 0 Å². The molecule has 0 unspecified atom stereocenters. The van der Waals surface area contributed by atoms with Crippen LogP contribution in [0.2, 0.25) is 5.15 Å². The first-order valence-corrected chi connectivity index (χ1v) is 7.44. The standard InChI is InChI=1S/C15H9BrClN3O2/c16-13-6-5-12(22-13)15(21)20-18-8-10-7-9-3-1-2-4-11(9)19-14(10)17/h1-8H,(H,20,21)/b18-8-. The predicted molar refractivity (Wildman–Crippen MR) is 88.2 cm³/mol. The Morgan fingerprint density at radius 1 is 1.32 bits per heavy atom. The van der Waals surface area contributed by atoms with Crippen LogP contribution in [-0.4, -0.2) is 17.1 Å². The van der Waals surface area contributed by atoms with E-state index in [1.807, 2.05) is 30.3 Å². The van der Waals surface area contributed by atoms with Gasteiger partial charge >= 0.3 is 5.91 Å². The van der Waals surface area contributed by atoms with Gasteiger partial charge in [-0.1, -0.05) is 29.8 Å². The summed E-state index contributed by atoms with van der Waals surface area (Å²) in [5.41, 5.74) is 3.78. The highest BCUT2D eigenvalue weighted by Crippen LogP contribution is 2.19. The summed E-state index contributed by atoms with van der Waals surface area (Å²) in [6.07, 6.45) is 1.44. The number of hydrogen-bond donors (Lipinski definition) is 1. The number of hydrazone groups is 1. The van der Waals surface area contributed by atoms with Crippen LogP contribution in [0.4, 0.5) is 0 Å². The third kappa shape index (κ3) is 3.18. The third-order valence-electron chi connectivity index (χ3n) is 2.87. The van der Waals surface area contributed by atoms with E-state index in [0.29, 0.717) is 15.4 Å². The summed E-state index contributed by atoms with van der Waals surface area (Å²) in [5, 5.41) is 5.13. The van der Waals surface area contributed by atoms with Gasteiger partial charge in [0.15, 0.2) is 10.4 Å². The van der Waals surface area contributed by atoms with Crippen LogP contribution in [0.15, 0.2) is 56.7 Å². The number of nitrogens with zero attached hydrogens (tertiary/aromatic N) is 2. The summed E-state index contributed by atoms with van der Waals surface area (Å²) in [6.45, 7) is 0. The third-order valence-corrected chi connectivity index (χ3v) is 3.60. The van der Waals surface area contributed by atoms with Gasteiger partial charge in [0, 0.05) is 10.9 Å². The summed E-state index contributed by atoms with van der Waals surface area (Å²) < 4.78 is 5.60. The summed E-state index contributed by atoms with van der Waals surface area (Å²) >= 11 is 9.23. The van der Waals surface area contributed by atoms with Gasteiger partial charge in [0.05, 0.1) is 11.7 Å². The number of rotatable bonds is 3. The van der Waals surface area contributed by atoms with Gasteiger partial charge in [-0.15, -0.1) is 0 Å².